The van der Waals surface area contributed by atoms with Crippen molar-refractivity contribution in [3.63, 3.8) is 0 Å². The van der Waals surface area contributed by atoms with Gasteiger partial charge < -0.3 is 5.11 Å². The maximum absolute atomic E-state index is 12.3. The number of carbonyl (C=O) groups excluding carboxylic acids is 1. The maximum atomic E-state index is 12.3. The minimum absolute atomic E-state index is 0. The molecular formula is C43H51F3IrNO2S-. The number of aliphatic hydroxyl groups excluding tert-OH is 1. The molecule has 3 aromatic carbocycles. The zero-order valence-electron chi connectivity index (χ0n) is 31.2. The van der Waals surface area contributed by atoms with Crippen molar-refractivity contribution in [3.8, 4) is 11.3 Å². The summed E-state index contributed by atoms with van der Waals surface area (Å²) in [6, 6.07) is 23.5. The largest absolute Gasteiger partial charge is 0.512 e. The van der Waals surface area contributed by atoms with Crippen molar-refractivity contribution in [2.45, 2.75) is 106 Å². The molecule has 0 amide bonds. The molecule has 8 heteroatoms. The number of aromatic nitrogens is 1. The van der Waals surface area contributed by atoms with Crippen LogP contribution >= 0.6 is 11.3 Å². The number of thiophene rings is 1. The Bertz CT molecular complexity index is 1980. The normalized spacial score (nSPS) is 13.3. The van der Waals surface area contributed by atoms with Crippen LogP contribution in [-0.2, 0) is 36.7 Å². The van der Waals surface area contributed by atoms with Crippen molar-refractivity contribution in [2.24, 2.45) is 17.3 Å². The molecule has 0 saturated heterocycles. The summed E-state index contributed by atoms with van der Waals surface area (Å²) in [6.45, 7) is 18.5. The van der Waals surface area contributed by atoms with E-state index >= 15 is 0 Å². The van der Waals surface area contributed by atoms with Gasteiger partial charge >= 0.3 is 6.18 Å². The Morgan fingerprint density at radius 1 is 0.922 bits per heavy atom. The van der Waals surface area contributed by atoms with Crippen LogP contribution in [0.2, 0.25) is 0 Å². The summed E-state index contributed by atoms with van der Waals surface area (Å²) in [6.07, 6.45) is -0.115. The number of allylic oxidation sites excluding steroid dienone is 2. The van der Waals surface area contributed by atoms with E-state index < -0.39 is 29.7 Å². The van der Waals surface area contributed by atoms with Gasteiger partial charge in [0.15, 0.2) is 5.78 Å². The minimum atomic E-state index is -4.36. The van der Waals surface area contributed by atoms with Gasteiger partial charge in [0.2, 0.25) is 0 Å². The number of aliphatic hydroxyl groups is 1. The summed E-state index contributed by atoms with van der Waals surface area (Å²) in [5.74, 6) is -1.25. The predicted octanol–water partition coefficient (Wildman–Crippen LogP) is 13.4. The molecule has 1 radical (unpaired) electrons. The summed E-state index contributed by atoms with van der Waals surface area (Å²) in [4.78, 5) is 16.7. The smallest absolute Gasteiger partial charge is 0.389 e. The van der Waals surface area contributed by atoms with Gasteiger partial charge in [0.25, 0.3) is 0 Å². The molecule has 0 aliphatic heterocycles. The number of rotatable bonds is 10. The third-order valence-electron chi connectivity index (χ3n) is 9.79. The van der Waals surface area contributed by atoms with Crippen LogP contribution in [0, 0.1) is 23.3 Å². The van der Waals surface area contributed by atoms with Gasteiger partial charge in [-0.15, -0.1) is 40.5 Å². The first-order valence-corrected chi connectivity index (χ1v) is 18.5. The summed E-state index contributed by atoms with van der Waals surface area (Å²) in [7, 11) is 0. The third-order valence-corrected chi connectivity index (χ3v) is 11.1. The molecular weight excluding hydrogens is 844 g/mol. The number of pyridine rings is 1. The Hall–Kier alpha value is -3.06. The van der Waals surface area contributed by atoms with Gasteiger partial charge in [-0.05, 0) is 54.0 Å². The second-order valence-electron chi connectivity index (χ2n) is 15.0. The second kappa shape index (κ2) is 17.2. The van der Waals surface area contributed by atoms with E-state index in [2.05, 4.69) is 95.3 Å². The number of hydrogen-bond donors (Lipinski definition) is 1. The van der Waals surface area contributed by atoms with Crippen LogP contribution < -0.4 is 0 Å². The fourth-order valence-corrected chi connectivity index (χ4v) is 7.64. The minimum Gasteiger partial charge on any atom is -0.512 e. The van der Waals surface area contributed by atoms with Gasteiger partial charge in [0, 0.05) is 64.2 Å². The molecule has 0 bridgehead atoms. The number of ketones is 1. The Labute approximate surface area is 319 Å². The van der Waals surface area contributed by atoms with E-state index in [9.17, 15) is 23.1 Å². The molecule has 277 valence electrons. The van der Waals surface area contributed by atoms with Crippen molar-refractivity contribution in [1.82, 2.24) is 4.98 Å². The van der Waals surface area contributed by atoms with Crippen LogP contribution in [-0.4, -0.2) is 22.1 Å². The van der Waals surface area contributed by atoms with Gasteiger partial charge in [-0.1, -0.05) is 110 Å². The van der Waals surface area contributed by atoms with Crippen LogP contribution in [0.15, 0.2) is 72.6 Å². The average Bonchev–Trinajstić information content (AvgIpc) is 3.45. The van der Waals surface area contributed by atoms with E-state index in [4.69, 9.17) is 4.98 Å². The number of hydrogen-bond acceptors (Lipinski definition) is 4. The maximum Gasteiger partial charge on any atom is 0.389 e. The van der Waals surface area contributed by atoms with E-state index in [1.54, 1.807) is 6.92 Å². The number of alkyl halides is 3. The number of halogens is 3. The SMILES string of the molecule is CC(C)Cc1cccc2c1sc1c(-c3[c-]c4ccccc4c(C(C)(C)C)c3)nccc12.CCC(CC(F)(F)F)C(=O)/C=C(\O)C(C)(CC)CC.[Ir]. The summed E-state index contributed by atoms with van der Waals surface area (Å²) in [5.41, 5.74) is 4.42. The van der Waals surface area contributed by atoms with Crippen LogP contribution in [0.5, 0.6) is 0 Å². The number of nitrogens with zero attached hydrogens (tertiary/aromatic N) is 1. The van der Waals surface area contributed by atoms with Gasteiger partial charge in [-0.3, -0.25) is 9.78 Å². The molecule has 1 N–H and O–H groups in total. The molecule has 3 nitrogen and oxygen atoms in total. The first-order valence-electron chi connectivity index (χ1n) is 17.7. The van der Waals surface area contributed by atoms with E-state index in [0.717, 1.165) is 29.1 Å². The van der Waals surface area contributed by atoms with Crippen molar-refractivity contribution in [2.75, 3.05) is 0 Å². The van der Waals surface area contributed by atoms with Crippen molar-refractivity contribution in [1.29, 1.82) is 0 Å². The summed E-state index contributed by atoms with van der Waals surface area (Å²) < 4.78 is 39.6. The molecule has 2 aromatic heterocycles. The Balaban J connectivity index is 0.000000306. The molecule has 1 atom stereocenters. The molecule has 2 heterocycles. The molecule has 5 aromatic rings. The zero-order valence-corrected chi connectivity index (χ0v) is 34.4. The summed E-state index contributed by atoms with van der Waals surface area (Å²) in [5, 5.41) is 15.0. The standard InChI is InChI=1S/C29H28NS.C14H23F3O2.Ir/c1-18(2)15-20-10-8-12-23-24-13-14-30-26(28(24)31-27(20)23)21-16-19-9-6-7-11-22(19)25(17-21)29(3,4)5;1-5-10(9-14(15,16)17)11(18)8-12(19)13(4,6-2)7-3;/h6-14,17-18H,15H2,1-5H3;8,10,19H,5-7,9H2,1-4H3;/q-1;;/b;12-8-;. The Morgan fingerprint density at radius 3 is 2.14 bits per heavy atom. The van der Waals surface area contributed by atoms with Crippen molar-refractivity contribution < 1.29 is 43.2 Å². The Kier molecular flexibility index (Phi) is 14.3. The van der Waals surface area contributed by atoms with Crippen molar-refractivity contribution >= 4 is 48.1 Å². The first-order chi connectivity index (χ1) is 23.4. The first kappa shape index (κ1) is 42.4. The van der Waals surface area contributed by atoms with Gasteiger partial charge in [-0.2, -0.15) is 13.2 Å². The second-order valence-corrected chi connectivity index (χ2v) is 16.1. The third kappa shape index (κ3) is 10.1. The van der Waals surface area contributed by atoms with E-state index in [1.165, 1.54) is 43.6 Å². The van der Waals surface area contributed by atoms with Gasteiger partial charge in [-0.25, -0.2) is 0 Å². The fourth-order valence-electron chi connectivity index (χ4n) is 6.32. The number of benzene rings is 3. The topological polar surface area (TPSA) is 50.2 Å². The monoisotopic (exact) mass is 895 g/mol. The average molecular weight is 895 g/mol. The predicted molar refractivity (Wildman–Crippen MR) is 205 cm³/mol. The molecule has 1 unspecified atom stereocenters. The van der Waals surface area contributed by atoms with E-state index in [0.29, 0.717) is 18.8 Å². The quantitative estimate of drug-likeness (QED) is 0.0863. The number of fused-ring (bicyclic) bond motifs is 4. The van der Waals surface area contributed by atoms with E-state index in [1.807, 2.05) is 31.4 Å². The van der Waals surface area contributed by atoms with E-state index in [-0.39, 0.29) is 37.7 Å². The molecule has 0 aliphatic carbocycles. The molecule has 5 rings (SSSR count). The van der Waals surface area contributed by atoms with Crippen molar-refractivity contribution in [3.05, 3.63) is 89.8 Å². The van der Waals surface area contributed by atoms with Gasteiger partial charge in [0.05, 0.1) is 6.42 Å². The Morgan fingerprint density at radius 2 is 1.55 bits per heavy atom. The molecule has 0 aliphatic rings. The number of carbonyl (C=O) groups is 1. The zero-order chi connectivity index (χ0) is 37.0. The summed E-state index contributed by atoms with van der Waals surface area (Å²) >= 11 is 1.89. The molecule has 0 fully saturated rings. The fraction of sp³-hybridized carbons (Fsp3) is 0.442. The van der Waals surface area contributed by atoms with Crippen LogP contribution in [0.3, 0.4) is 0 Å². The van der Waals surface area contributed by atoms with Crippen LogP contribution in [0.4, 0.5) is 13.2 Å². The van der Waals surface area contributed by atoms with Crippen LogP contribution in [0.1, 0.15) is 99.1 Å². The van der Waals surface area contributed by atoms with Gasteiger partial charge in [0.1, 0.15) is 5.76 Å². The molecule has 0 saturated carbocycles. The van der Waals surface area contributed by atoms with Crippen LogP contribution in [0.25, 0.3) is 42.2 Å². The molecule has 0 spiro atoms. The molecule has 51 heavy (non-hydrogen) atoms.